The SMILES string of the molecule is O=C(c1ccnc2ccc(F)cc12)N1CCC(N2CC[C@H](Cc3ccc(Cl)c(Cl)c3)C(CO)C2)CC1. The zero-order valence-corrected chi connectivity index (χ0v) is 21.6. The number of pyridine rings is 1. The van der Waals surface area contributed by atoms with Crippen LogP contribution in [0.3, 0.4) is 0 Å². The maximum Gasteiger partial charge on any atom is 0.254 e. The molecule has 8 heteroatoms. The Kier molecular flexibility index (Phi) is 7.77. The van der Waals surface area contributed by atoms with E-state index < -0.39 is 0 Å². The second-order valence-corrected chi connectivity index (χ2v) is 10.8. The van der Waals surface area contributed by atoms with Crippen molar-refractivity contribution < 1.29 is 14.3 Å². The lowest BCUT2D eigenvalue weighted by Crippen LogP contribution is -2.52. The first-order valence-corrected chi connectivity index (χ1v) is 13.3. The number of piperidine rings is 2. The molecule has 1 N–H and O–H groups in total. The summed E-state index contributed by atoms with van der Waals surface area (Å²) in [6, 6.07) is 12.2. The molecule has 2 saturated heterocycles. The van der Waals surface area contributed by atoms with Crippen molar-refractivity contribution in [1.29, 1.82) is 0 Å². The molecule has 2 fully saturated rings. The number of rotatable bonds is 5. The number of hydrogen-bond donors (Lipinski definition) is 1. The lowest BCUT2D eigenvalue weighted by atomic mass is 9.80. The molecule has 2 aliphatic rings. The number of benzene rings is 2. The molecule has 0 aliphatic carbocycles. The normalized spacial score (nSPS) is 21.7. The van der Waals surface area contributed by atoms with E-state index in [-0.39, 0.29) is 24.2 Å². The van der Waals surface area contributed by atoms with Gasteiger partial charge in [0, 0.05) is 43.9 Å². The number of nitrogens with zero attached hydrogens (tertiary/aromatic N) is 3. The van der Waals surface area contributed by atoms with Crippen molar-refractivity contribution in [3.05, 3.63) is 75.7 Å². The molecule has 190 valence electrons. The average Bonchev–Trinajstić information content (AvgIpc) is 2.90. The average molecular weight is 530 g/mol. The van der Waals surface area contributed by atoms with E-state index in [0.29, 0.717) is 51.6 Å². The summed E-state index contributed by atoms with van der Waals surface area (Å²) in [5.74, 6) is 0.153. The molecule has 2 atom stereocenters. The lowest BCUT2D eigenvalue weighted by molar-refractivity contribution is 0.0242. The van der Waals surface area contributed by atoms with E-state index in [0.717, 1.165) is 44.3 Å². The van der Waals surface area contributed by atoms with Crippen molar-refractivity contribution >= 4 is 40.0 Å². The standard InChI is InChI=1S/C28H30Cl2FN3O2/c29-25-3-1-18(14-26(25)30)13-19-6-10-34(16-20(19)17-35)22-7-11-33(12-8-22)28(36)23-5-9-32-27-4-2-21(31)15-24(23)27/h1-5,9,14-15,19-20,22,35H,6-8,10-13,16-17H2/t19-,20?/m1/s1. The molecule has 1 amide bonds. The summed E-state index contributed by atoms with van der Waals surface area (Å²) in [5, 5.41) is 11.8. The summed E-state index contributed by atoms with van der Waals surface area (Å²) in [7, 11) is 0. The predicted octanol–water partition coefficient (Wildman–Crippen LogP) is 5.46. The Labute approximate surface area is 220 Å². The number of hydrogen-bond acceptors (Lipinski definition) is 4. The smallest absolute Gasteiger partial charge is 0.254 e. The number of halogens is 3. The molecule has 0 bridgehead atoms. The van der Waals surface area contributed by atoms with Gasteiger partial charge in [0.2, 0.25) is 0 Å². The summed E-state index contributed by atoms with van der Waals surface area (Å²) in [6.07, 6.45) is 5.28. The van der Waals surface area contributed by atoms with Gasteiger partial charge in [0.05, 0.1) is 21.1 Å². The summed E-state index contributed by atoms with van der Waals surface area (Å²) < 4.78 is 13.8. The van der Waals surface area contributed by atoms with Gasteiger partial charge in [0.1, 0.15) is 5.82 Å². The Balaban J connectivity index is 1.19. The number of amides is 1. The third kappa shape index (κ3) is 5.37. The number of likely N-dealkylation sites (tertiary alicyclic amines) is 2. The second kappa shape index (κ2) is 11.0. The minimum Gasteiger partial charge on any atom is -0.396 e. The molecule has 5 nitrogen and oxygen atoms in total. The van der Waals surface area contributed by atoms with E-state index in [1.165, 1.54) is 12.1 Å². The zero-order valence-electron chi connectivity index (χ0n) is 20.0. The molecule has 1 aromatic heterocycles. The number of carbonyl (C=O) groups is 1. The molecule has 36 heavy (non-hydrogen) atoms. The van der Waals surface area contributed by atoms with Crippen LogP contribution in [0.1, 0.15) is 35.2 Å². The summed E-state index contributed by atoms with van der Waals surface area (Å²) in [6.45, 7) is 3.32. The molecule has 2 aliphatic heterocycles. The molecule has 2 aromatic carbocycles. The lowest BCUT2D eigenvalue weighted by Gasteiger charge is -2.44. The van der Waals surface area contributed by atoms with Gasteiger partial charge in [-0.15, -0.1) is 0 Å². The zero-order chi connectivity index (χ0) is 25.2. The van der Waals surface area contributed by atoms with E-state index in [1.807, 2.05) is 23.1 Å². The van der Waals surface area contributed by atoms with Gasteiger partial charge in [-0.2, -0.15) is 0 Å². The Hall–Kier alpha value is -2.25. The van der Waals surface area contributed by atoms with Gasteiger partial charge >= 0.3 is 0 Å². The van der Waals surface area contributed by atoms with Gasteiger partial charge in [-0.25, -0.2) is 4.39 Å². The van der Waals surface area contributed by atoms with Crippen molar-refractivity contribution in [2.45, 2.75) is 31.7 Å². The minimum atomic E-state index is -0.371. The van der Waals surface area contributed by atoms with E-state index >= 15 is 0 Å². The third-order valence-corrected chi connectivity index (χ3v) is 8.58. The molecule has 3 heterocycles. The van der Waals surface area contributed by atoms with Crippen molar-refractivity contribution in [3.63, 3.8) is 0 Å². The summed E-state index contributed by atoms with van der Waals surface area (Å²) in [5.41, 5.74) is 2.27. The monoisotopic (exact) mass is 529 g/mol. The first-order chi connectivity index (χ1) is 17.4. The summed E-state index contributed by atoms with van der Waals surface area (Å²) >= 11 is 12.3. The molecular weight excluding hydrogens is 500 g/mol. The van der Waals surface area contributed by atoms with Crippen molar-refractivity contribution in [3.8, 4) is 0 Å². The second-order valence-electron chi connectivity index (χ2n) is 9.98. The van der Waals surface area contributed by atoms with Crippen LogP contribution < -0.4 is 0 Å². The molecular formula is C28H30Cl2FN3O2. The van der Waals surface area contributed by atoms with Crippen LogP contribution in [-0.2, 0) is 6.42 Å². The fourth-order valence-electron chi connectivity index (χ4n) is 5.79. The molecule has 0 radical (unpaired) electrons. The van der Waals surface area contributed by atoms with Gasteiger partial charge < -0.3 is 10.0 Å². The topological polar surface area (TPSA) is 56.7 Å². The highest BCUT2D eigenvalue weighted by atomic mass is 35.5. The Bertz CT molecular complexity index is 1250. The maximum atomic E-state index is 13.8. The fourth-order valence-corrected chi connectivity index (χ4v) is 6.12. The van der Waals surface area contributed by atoms with Crippen LogP contribution in [0.25, 0.3) is 10.9 Å². The van der Waals surface area contributed by atoms with Gasteiger partial charge in [0.25, 0.3) is 5.91 Å². The van der Waals surface area contributed by atoms with Gasteiger partial charge in [-0.05, 0) is 86.0 Å². The van der Waals surface area contributed by atoms with E-state index in [2.05, 4.69) is 9.88 Å². The molecule has 1 unspecified atom stereocenters. The van der Waals surface area contributed by atoms with E-state index in [9.17, 15) is 14.3 Å². The molecule has 5 rings (SSSR count). The number of fused-ring (bicyclic) bond motifs is 1. The summed E-state index contributed by atoms with van der Waals surface area (Å²) in [4.78, 5) is 21.9. The van der Waals surface area contributed by atoms with Crippen LogP contribution in [0.5, 0.6) is 0 Å². The van der Waals surface area contributed by atoms with Crippen LogP contribution in [-0.4, -0.2) is 64.6 Å². The van der Waals surface area contributed by atoms with Gasteiger partial charge in [0.15, 0.2) is 0 Å². The van der Waals surface area contributed by atoms with Crippen LogP contribution in [0.15, 0.2) is 48.7 Å². The predicted molar refractivity (Wildman–Crippen MR) is 141 cm³/mol. The van der Waals surface area contributed by atoms with Crippen LogP contribution in [0, 0.1) is 17.7 Å². The largest absolute Gasteiger partial charge is 0.396 e. The van der Waals surface area contributed by atoms with Crippen LogP contribution in [0.2, 0.25) is 10.0 Å². The third-order valence-electron chi connectivity index (χ3n) is 7.84. The highest BCUT2D eigenvalue weighted by Crippen LogP contribution is 2.32. The fraction of sp³-hybridized carbons (Fsp3) is 0.429. The number of carbonyl (C=O) groups excluding carboxylic acids is 1. The van der Waals surface area contributed by atoms with Gasteiger partial charge in [-0.3, -0.25) is 14.7 Å². The van der Waals surface area contributed by atoms with E-state index in [4.69, 9.17) is 23.2 Å². The van der Waals surface area contributed by atoms with Crippen molar-refractivity contribution in [1.82, 2.24) is 14.8 Å². The molecule has 0 saturated carbocycles. The van der Waals surface area contributed by atoms with Gasteiger partial charge in [-0.1, -0.05) is 29.3 Å². The molecule has 3 aromatic rings. The maximum absolute atomic E-state index is 13.8. The Morgan fingerprint density at radius 2 is 1.81 bits per heavy atom. The molecule has 0 spiro atoms. The number of aromatic nitrogens is 1. The highest BCUT2D eigenvalue weighted by molar-refractivity contribution is 6.42. The Morgan fingerprint density at radius 1 is 1.00 bits per heavy atom. The Morgan fingerprint density at radius 3 is 2.56 bits per heavy atom. The van der Waals surface area contributed by atoms with Crippen molar-refractivity contribution in [2.24, 2.45) is 11.8 Å². The highest BCUT2D eigenvalue weighted by Gasteiger charge is 2.34. The van der Waals surface area contributed by atoms with E-state index in [1.54, 1.807) is 18.3 Å². The van der Waals surface area contributed by atoms with Crippen LogP contribution in [0.4, 0.5) is 4.39 Å². The first kappa shape index (κ1) is 25.4. The quantitative estimate of drug-likeness (QED) is 0.476. The van der Waals surface area contributed by atoms with Crippen LogP contribution >= 0.6 is 23.2 Å². The first-order valence-electron chi connectivity index (χ1n) is 12.6. The van der Waals surface area contributed by atoms with Crippen molar-refractivity contribution in [2.75, 3.05) is 32.8 Å². The number of aliphatic hydroxyl groups is 1. The minimum absolute atomic E-state index is 0.0694. The number of aliphatic hydroxyl groups excluding tert-OH is 1.